The third kappa shape index (κ3) is 0.597. The van der Waals surface area contributed by atoms with E-state index >= 15 is 0 Å². The van der Waals surface area contributed by atoms with Crippen molar-refractivity contribution in [3.05, 3.63) is 0 Å². The summed E-state index contributed by atoms with van der Waals surface area (Å²) in [6, 6.07) is 0. The van der Waals surface area contributed by atoms with Crippen LogP contribution in [0.15, 0.2) is 0 Å². The summed E-state index contributed by atoms with van der Waals surface area (Å²) in [5.41, 5.74) is 0. The van der Waals surface area contributed by atoms with Gasteiger partial charge in [0.05, 0.1) is 20.0 Å². The van der Waals surface area contributed by atoms with Crippen LogP contribution in [0.2, 0.25) is 0 Å². The van der Waals surface area contributed by atoms with Gasteiger partial charge in [0.25, 0.3) is 0 Å². The monoisotopic (exact) mass is 79.1 g/mol. The Morgan fingerprint density at radius 3 is 3.40 bits per heavy atom. The van der Waals surface area contributed by atoms with Crippen molar-refractivity contribution in [1.82, 2.24) is 0 Å². The zero-order chi connectivity index (χ0) is 8.21. The van der Waals surface area contributed by atoms with Gasteiger partial charge in [0.2, 0.25) is 0 Å². The second-order valence-electron chi connectivity index (χ2n) is 0.645. The van der Waals surface area contributed by atoms with Crippen LogP contribution in [-0.4, -0.2) is 24.3 Å². The van der Waals surface area contributed by atoms with E-state index in [-0.39, 0.29) is 0 Å². The largest absolute Gasteiger partial charge is 0.394 e. The van der Waals surface area contributed by atoms with Crippen LogP contribution in [0.3, 0.4) is 0 Å². The Bertz CT molecular complexity index is 163. The van der Waals surface area contributed by atoms with Gasteiger partial charge in [-0.2, -0.15) is 0 Å². The van der Waals surface area contributed by atoms with Gasteiger partial charge in [-0.25, -0.2) is 0 Å². The fourth-order valence-corrected chi connectivity index (χ4v) is 0.0712. The van der Waals surface area contributed by atoms with Gasteiger partial charge < -0.3 is 9.84 Å². The second-order valence-corrected chi connectivity index (χ2v) is 0.645. The highest BCUT2D eigenvalue weighted by Gasteiger charge is 2.19. The van der Waals surface area contributed by atoms with Gasteiger partial charge >= 0.3 is 0 Å². The van der Waals surface area contributed by atoms with Crippen molar-refractivity contribution >= 4 is 0 Å². The van der Waals surface area contributed by atoms with Crippen LogP contribution in [0.4, 0.5) is 0 Å². The quantitative estimate of drug-likeness (QED) is 0.425. The van der Waals surface area contributed by atoms with Crippen molar-refractivity contribution in [2.45, 2.75) is 6.08 Å². The molecule has 0 saturated carbocycles. The standard InChI is InChI=1S/C3H6O2/c4-1-3-2-5-3/h3-4H,1-2H2/i1D2,2D2,3D. The molecule has 1 aliphatic heterocycles. The predicted octanol–water partition coefficient (Wildman–Crippen LogP) is -0.623. The normalized spacial score (nSPS) is 76.6. The maximum absolute atomic E-state index is 8.53. The lowest BCUT2D eigenvalue weighted by molar-refractivity contribution is 0.244. The van der Waals surface area contributed by atoms with Gasteiger partial charge in [0, 0.05) is 0 Å². The van der Waals surface area contributed by atoms with E-state index in [9.17, 15) is 0 Å². The second kappa shape index (κ2) is 0.954. The number of aliphatic hydroxyl groups is 1. The average molecular weight is 79.1 g/mol. The number of epoxide rings is 1. The molecule has 0 aromatic carbocycles. The first kappa shape index (κ1) is 0.768. The van der Waals surface area contributed by atoms with E-state index in [2.05, 4.69) is 4.74 Å². The van der Waals surface area contributed by atoms with Crippen LogP contribution < -0.4 is 0 Å². The van der Waals surface area contributed by atoms with Crippen LogP contribution in [0.5, 0.6) is 0 Å². The Kier molecular flexibility index (Phi) is 0.147. The first-order chi connectivity index (χ1) is 4.21. The Morgan fingerprint density at radius 1 is 2.80 bits per heavy atom. The lowest BCUT2D eigenvalue weighted by atomic mass is 10.5. The molecule has 1 saturated heterocycles. The molecule has 2 heteroatoms. The molecular weight excluding hydrogens is 68.0 g/mol. The molecule has 1 atom stereocenters. The predicted molar refractivity (Wildman–Crippen MR) is 16.8 cm³/mol. The van der Waals surface area contributed by atoms with E-state index in [0.717, 1.165) is 0 Å². The number of hydrogen-bond acceptors (Lipinski definition) is 2. The summed E-state index contributed by atoms with van der Waals surface area (Å²) in [6.07, 6.45) is -2.44. The van der Waals surface area contributed by atoms with Gasteiger partial charge in [0.1, 0.15) is 6.08 Å². The molecule has 0 amide bonds. The fraction of sp³-hybridized carbons (Fsp3) is 1.00. The SMILES string of the molecule is [2H]C([2H])(O)C1([2H])OC1([2H])[2H]. The maximum Gasteiger partial charge on any atom is 0.104 e. The summed E-state index contributed by atoms with van der Waals surface area (Å²) >= 11 is 0. The van der Waals surface area contributed by atoms with E-state index < -0.39 is 19.2 Å². The average Bonchev–Trinajstić information content (AvgIpc) is 2.05. The van der Waals surface area contributed by atoms with Crippen molar-refractivity contribution < 1.29 is 16.7 Å². The van der Waals surface area contributed by atoms with Gasteiger partial charge in [-0.05, 0) is 0 Å². The van der Waals surface area contributed by atoms with Crippen LogP contribution in [-0.2, 0) is 4.74 Å². The van der Waals surface area contributed by atoms with Gasteiger partial charge in [-0.1, -0.05) is 0 Å². The molecule has 1 heterocycles. The third-order valence-electron chi connectivity index (χ3n) is 0.306. The highest BCUT2D eigenvalue weighted by molar-refractivity contribution is 4.65. The number of ether oxygens (including phenoxy) is 1. The Hall–Kier alpha value is -0.0800. The molecule has 0 spiro atoms. The topological polar surface area (TPSA) is 32.8 Å². The summed E-state index contributed by atoms with van der Waals surface area (Å²) in [4.78, 5) is 0. The summed E-state index contributed by atoms with van der Waals surface area (Å²) in [5, 5.41) is 8.53. The van der Waals surface area contributed by atoms with Gasteiger partial charge in [-0.15, -0.1) is 0 Å². The van der Waals surface area contributed by atoms with Gasteiger partial charge in [0.15, 0.2) is 0 Å². The molecule has 0 aliphatic carbocycles. The van der Waals surface area contributed by atoms with Crippen molar-refractivity contribution in [1.29, 1.82) is 0 Å². The first-order valence-electron chi connectivity index (χ1n) is 3.63. The molecule has 1 aliphatic rings. The summed E-state index contributed by atoms with van der Waals surface area (Å²) in [7, 11) is 0. The third-order valence-corrected chi connectivity index (χ3v) is 0.306. The van der Waals surface area contributed by atoms with Crippen molar-refractivity contribution in [3.8, 4) is 0 Å². The number of rotatable bonds is 1. The van der Waals surface area contributed by atoms with Crippen LogP contribution >= 0.6 is 0 Å². The smallest absolute Gasteiger partial charge is 0.104 e. The molecule has 0 aromatic rings. The van der Waals surface area contributed by atoms with Crippen LogP contribution in [0.1, 0.15) is 6.85 Å². The van der Waals surface area contributed by atoms with Crippen LogP contribution in [0.25, 0.3) is 0 Å². The summed E-state index contributed by atoms with van der Waals surface area (Å²) in [5.74, 6) is 0. The highest BCUT2D eigenvalue weighted by Crippen LogP contribution is 2.04. The van der Waals surface area contributed by atoms with E-state index in [1.807, 2.05) is 0 Å². The lowest BCUT2D eigenvalue weighted by Gasteiger charge is -1.70. The molecule has 30 valence electrons. The van der Waals surface area contributed by atoms with Crippen molar-refractivity contribution in [2.24, 2.45) is 0 Å². The Morgan fingerprint density at radius 2 is 3.40 bits per heavy atom. The Labute approximate surface area is 37.4 Å². The molecule has 1 rings (SSSR count). The molecule has 2 nitrogen and oxygen atoms in total. The zero-order valence-electron chi connectivity index (χ0n) is 7.36. The van der Waals surface area contributed by atoms with Crippen molar-refractivity contribution in [2.75, 3.05) is 13.1 Å². The summed E-state index contributed by atoms with van der Waals surface area (Å²) < 4.78 is 37.5. The van der Waals surface area contributed by atoms with Crippen LogP contribution in [0, 0.1) is 0 Å². The van der Waals surface area contributed by atoms with Crippen molar-refractivity contribution in [3.63, 3.8) is 0 Å². The first-order valence-corrected chi connectivity index (χ1v) is 1.13. The lowest BCUT2D eigenvalue weighted by Crippen LogP contribution is -1.88. The Balaban J connectivity index is 2.78. The molecule has 5 heavy (non-hydrogen) atoms. The number of hydrogen-bond donors (Lipinski definition) is 1. The fourth-order valence-electron chi connectivity index (χ4n) is 0.0712. The molecular formula is C3H6O2. The molecule has 0 aromatic heterocycles. The minimum absolute atomic E-state index is 2.37. The van der Waals surface area contributed by atoms with E-state index in [0.29, 0.717) is 0 Å². The van der Waals surface area contributed by atoms with E-state index in [4.69, 9.17) is 12.0 Å². The van der Waals surface area contributed by atoms with Gasteiger partial charge in [-0.3, -0.25) is 0 Å². The maximum atomic E-state index is 8.53. The zero-order valence-corrected chi connectivity index (χ0v) is 2.36. The highest BCUT2D eigenvalue weighted by atomic mass is 16.6. The molecule has 1 unspecified atom stereocenters. The molecule has 0 radical (unpaired) electrons. The summed E-state index contributed by atoms with van der Waals surface area (Å²) in [6.45, 7) is -5.32. The molecule has 1 fully saturated rings. The molecule has 0 bridgehead atoms. The minimum Gasteiger partial charge on any atom is -0.394 e. The minimum atomic E-state index is -2.95. The molecule has 1 N–H and O–H groups in total. The van der Waals surface area contributed by atoms with E-state index in [1.54, 1.807) is 0 Å². The van der Waals surface area contributed by atoms with E-state index in [1.165, 1.54) is 0 Å².